The zero-order valence-electron chi connectivity index (χ0n) is 26.4. The molecule has 0 heterocycles. The fourth-order valence-corrected chi connectivity index (χ4v) is 5.05. The largest absolute Gasteiger partial charge is 0.465 e. The maximum atomic E-state index is 9.63. The summed E-state index contributed by atoms with van der Waals surface area (Å²) in [6, 6.07) is 39.5. The number of hydrogen-bond acceptors (Lipinski definition) is 7. The first kappa shape index (κ1) is 32.3. The Bertz CT molecular complexity index is 1650. The van der Waals surface area contributed by atoms with Gasteiger partial charge in [-0.15, -0.1) is 0 Å². The monoisotopic (exact) mass is 617 g/mol. The average molecular weight is 618 g/mol. The van der Waals surface area contributed by atoms with E-state index in [1.54, 1.807) is 20.8 Å². The van der Waals surface area contributed by atoms with Gasteiger partial charge in [0.2, 0.25) is 0 Å². The van der Waals surface area contributed by atoms with Crippen LogP contribution in [-0.4, -0.2) is 34.2 Å². The molecular weight excluding hydrogens is 578 g/mol. The average Bonchev–Trinajstić information content (AvgIpc) is 3.03. The molecule has 0 radical (unpaired) electrons. The number of rotatable bonds is 12. The third-order valence-corrected chi connectivity index (χ3v) is 7.10. The summed E-state index contributed by atoms with van der Waals surface area (Å²) in [5.41, 5.74) is 8.02. The summed E-state index contributed by atoms with van der Waals surface area (Å²) in [6.45, 7) is 6.79. The Morgan fingerprint density at radius 2 is 0.826 bits per heavy atom. The lowest BCUT2D eigenvalue weighted by molar-refractivity contribution is -0.000876. The van der Waals surface area contributed by atoms with E-state index in [4.69, 9.17) is 14.2 Å². The number of hydrogen-bond donors (Lipinski definition) is 3. The smallest absolute Gasteiger partial charge is 0.194 e. The zero-order chi connectivity index (χ0) is 32.6. The molecule has 0 saturated heterocycles. The summed E-state index contributed by atoms with van der Waals surface area (Å²) in [5.74, 6) is 1.74. The van der Waals surface area contributed by atoms with Crippen molar-refractivity contribution in [3.8, 4) is 17.2 Å². The summed E-state index contributed by atoms with van der Waals surface area (Å²) in [7, 11) is 0. The van der Waals surface area contributed by atoms with Crippen molar-refractivity contribution in [3.63, 3.8) is 0 Å². The summed E-state index contributed by atoms with van der Waals surface area (Å²) in [5, 5.41) is 28.9. The van der Waals surface area contributed by atoms with E-state index < -0.39 is 18.9 Å². The molecule has 0 aromatic heterocycles. The summed E-state index contributed by atoms with van der Waals surface area (Å²) < 4.78 is 16.3. The van der Waals surface area contributed by atoms with Gasteiger partial charge in [0.05, 0.1) is 0 Å². The predicted molar refractivity (Wildman–Crippen MR) is 183 cm³/mol. The number of aliphatic hydroxyl groups is 3. The number of nitrogens with zero attached hydrogens (tertiary/aromatic N) is 1. The molecule has 0 saturated carbocycles. The van der Waals surface area contributed by atoms with E-state index in [9.17, 15) is 15.3 Å². The lowest BCUT2D eigenvalue weighted by atomic mass is 9.95. The van der Waals surface area contributed by atoms with Gasteiger partial charge in [-0.05, 0) is 129 Å². The number of aryl methyl sites for hydroxylation is 1. The predicted octanol–water partition coefficient (Wildman–Crippen LogP) is 8.21. The minimum absolute atomic E-state index is 0.574. The second-order valence-electron chi connectivity index (χ2n) is 11.0. The van der Waals surface area contributed by atoms with E-state index in [2.05, 4.69) is 66.4 Å². The van der Waals surface area contributed by atoms with Crippen molar-refractivity contribution >= 4 is 28.7 Å². The maximum Gasteiger partial charge on any atom is 0.194 e. The van der Waals surface area contributed by atoms with Crippen LogP contribution >= 0.6 is 0 Å². The number of benzene rings is 5. The van der Waals surface area contributed by atoms with Gasteiger partial charge in [0.25, 0.3) is 0 Å². The second kappa shape index (κ2) is 14.8. The molecule has 0 spiro atoms. The van der Waals surface area contributed by atoms with Crippen molar-refractivity contribution in [2.75, 3.05) is 4.90 Å². The van der Waals surface area contributed by atoms with Gasteiger partial charge in [0.1, 0.15) is 17.2 Å². The van der Waals surface area contributed by atoms with E-state index in [-0.39, 0.29) is 0 Å². The van der Waals surface area contributed by atoms with Gasteiger partial charge in [-0.2, -0.15) is 0 Å². The van der Waals surface area contributed by atoms with E-state index in [0.29, 0.717) is 17.2 Å². The van der Waals surface area contributed by atoms with Crippen molar-refractivity contribution in [1.29, 1.82) is 0 Å². The Hall–Kier alpha value is -5.08. The van der Waals surface area contributed by atoms with E-state index in [0.717, 1.165) is 39.3 Å². The van der Waals surface area contributed by atoms with Crippen molar-refractivity contribution in [2.45, 2.75) is 46.6 Å². The molecule has 5 rings (SSSR count). The van der Waals surface area contributed by atoms with Crippen molar-refractivity contribution < 1.29 is 29.5 Å². The second-order valence-corrected chi connectivity index (χ2v) is 11.0. The molecule has 7 heteroatoms. The van der Waals surface area contributed by atoms with E-state index in [1.807, 2.05) is 72.8 Å². The van der Waals surface area contributed by atoms with Gasteiger partial charge in [-0.1, -0.05) is 54.1 Å². The molecule has 5 aromatic rings. The Labute approximate surface area is 270 Å². The molecule has 3 atom stereocenters. The molecule has 3 N–H and O–H groups in total. The van der Waals surface area contributed by atoms with Crippen molar-refractivity contribution in [1.82, 2.24) is 0 Å². The minimum atomic E-state index is -0.907. The summed E-state index contributed by atoms with van der Waals surface area (Å²) in [6.07, 6.45) is -0.584. The topological polar surface area (TPSA) is 91.6 Å². The van der Waals surface area contributed by atoms with Gasteiger partial charge in [0, 0.05) is 17.1 Å². The van der Waals surface area contributed by atoms with Crippen LogP contribution in [0.2, 0.25) is 0 Å². The number of ether oxygens (including phenoxy) is 3. The highest BCUT2D eigenvalue weighted by Gasteiger charge is 2.14. The lowest BCUT2D eigenvalue weighted by Crippen LogP contribution is -2.11. The molecule has 7 nitrogen and oxygen atoms in total. The van der Waals surface area contributed by atoms with Crippen LogP contribution in [0, 0.1) is 6.92 Å². The molecule has 46 heavy (non-hydrogen) atoms. The molecule has 3 unspecified atom stereocenters. The molecule has 5 aromatic carbocycles. The van der Waals surface area contributed by atoms with Crippen molar-refractivity contribution in [3.05, 3.63) is 144 Å². The van der Waals surface area contributed by atoms with Crippen LogP contribution in [-0.2, 0) is 0 Å². The SMILES string of the molecule is Cc1ccc(N(c2ccc(C=C(c3ccc(OC(C)O)cc3)c3ccc(OC(C)O)cc3)cc2)c2ccc(OC(C)O)cc2)cc1. The standard InChI is InChI=1S/C39H39NO6/c1-26-5-13-33(14-6-26)40(35-17-23-38(24-18-35)46-29(4)43)34-15-7-30(8-16-34)25-39(31-9-19-36(20-10-31)44-27(2)41)32-11-21-37(22-12-32)45-28(3)42/h5-25,27-29,41-43H,1-4H3. The quantitative estimate of drug-likeness (QED) is 0.0960. The normalized spacial score (nSPS) is 12.8. The molecule has 0 aliphatic carbocycles. The van der Waals surface area contributed by atoms with Crippen LogP contribution in [0.25, 0.3) is 11.6 Å². The summed E-state index contributed by atoms with van der Waals surface area (Å²) >= 11 is 0. The van der Waals surface area contributed by atoms with Gasteiger partial charge >= 0.3 is 0 Å². The van der Waals surface area contributed by atoms with Crippen molar-refractivity contribution in [2.24, 2.45) is 0 Å². The van der Waals surface area contributed by atoms with E-state index in [1.165, 1.54) is 5.56 Å². The number of aliphatic hydroxyl groups excluding tert-OH is 3. The highest BCUT2D eigenvalue weighted by molar-refractivity contribution is 5.92. The Morgan fingerprint density at radius 3 is 1.20 bits per heavy atom. The third-order valence-electron chi connectivity index (χ3n) is 7.10. The minimum Gasteiger partial charge on any atom is -0.465 e. The summed E-state index contributed by atoms with van der Waals surface area (Å²) in [4.78, 5) is 2.17. The number of anilines is 3. The lowest BCUT2D eigenvalue weighted by Gasteiger charge is -2.26. The zero-order valence-corrected chi connectivity index (χ0v) is 26.4. The molecule has 0 bridgehead atoms. The molecular formula is C39H39NO6. The van der Waals surface area contributed by atoms with E-state index >= 15 is 0 Å². The van der Waals surface area contributed by atoms with Crippen LogP contribution in [0.3, 0.4) is 0 Å². The third kappa shape index (κ3) is 8.55. The molecule has 0 fully saturated rings. The first-order valence-corrected chi connectivity index (χ1v) is 15.2. The van der Waals surface area contributed by atoms with Gasteiger partial charge < -0.3 is 34.4 Å². The van der Waals surface area contributed by atoms with Gasteiger partial charge in [-0.3, -0.25) is 0 Å². The first-order valence-electron chi connectivity index (χ1n) is 15.2. The highest BCUT2D eigenvalue weighted by atomic mass is 16.6. The molecule has 236 valence electrons. The Kier molecular flexibility index (Phi) is 10.4. The molecule has 0 aliphatic rings. The Morgan fingerprint density at radius 1 is 0.500 bits per heavy atom. The van der Waals surface area contributed by atoms with Crippen LogP contribution in [0.1, 0.15) is 43.0 Å². The first-order chi connectivity index (χ1) is 22.1. The molecule has 0 aliphatic heterocycles. The highest BCUT2D eigenvalue weighted by Crippen LogP contribution is 2.36. The van der Waals surface area contributed by atoms with Crippen LogP contribution in [0.5, 0.6) is 17.2 Å². The van der Waals surface area contributed by atoms with Gasteiger partial charge in [0.15, 0.2) is 18.9 Å². The fourth-order valence-electron chi connectivity index (χ4n) is 5.05. The van der Waals surface area contributed by atoms with Crippen LogP contribution < -0.4 is 19.1 Å². The van der Waals surface area contributed by atoms with Gasteiger partial charge in [-0.25, -0.2) is 0 Å². The fraction of sp³-hybridized carbons (Fsp3) is 0.179. The van der Waals surface area contributed by atoms with Crippen LogP contribution in [0.15, 0.2) is 121 Å². The Balaban J connectivity index is 1.51. The van der Waals surface area contributed by atoms with Crippen LogP contribution in [0.4, 0.5) is 17.1 Å². The maximum absolute atomic E-state index is 9.63. The molecule has 0 amide bonds.